The van der Waals surface area contributed by atoms with Crippen LogP contribution in [0, 0.1) is 18.3 Å². The van der Waals surface area contributed by atoms with E-state index >= 15 is 0 Å². The highest BCUT2D eigenvalue weighted by Crippen LogP contribution is 2.17. The van der Waals surface area contributed by atoms with Crippen molar-refractivity contribution in [3.8, 4) is 6.07 Å². The summed E-state index contributed by atoms with van der Waals surface area (Å²) in [6, 6.07) is 8.20. The Morgan fingerprint density at radius 2 is 2.10 bits per heavy atom. The van der Waals surface area contributed by atoms with E-state index < -0.39 is 0 Å². The van der Waals surface area contributed by atoms with Crippen LogP contribution in [-0.4, -0.2) is 19.5 Å². The number of hydrogen-bond acceptors (Lipinski definition) is 5. The summed E-state index contributed by atoms with van der Waals surface area (Å²) in [6.07, 6.45) is 3.06. The van der Waals surface area contributed by atoms with Gasteiger partial charge >= 0.3 is 0 Å². The maximum atomic E-state index is 9.00. The number of hydrogen-bond donors (Lipinski definition) is 1. The van der Waals surface area contributed by atoms with Crippen LogP contribution in [-0.2, 0) is 13.6 Å². The third kappa shape index (κ3) is 2.41. The largest absolute Gasteiger partial charge is 0.360 e. The molecule has 0 radical (unpaired) electrons. The molecule has 0 aliphatic heterocycles. The van der Waals surface area contributed by atoms with Gasteiger partial charge in [0.1, 0.15) is 11.9 Å². The van der Waals surface area contributed by atoms with Crippen molar-refractivity contribution < 1.29 is 0 Å². The molecular formula is C15H14N6. The monoisotopic (exact) mass is 278 g/mol. The Balaban J connectivity index is 1.89. The first-order chi connectivity index (χ1) is 10.2. The van der Waals surface area contributed by atoms with Crippen LogP contribution >= 0.6 is 0 Å². The Kier molecular flexibility index (Phi) is 3.24. The molecule has 3 rings (SSSR count). The van der Waals surface area contributed by atoms with E-state index in [4.69, 9.17) is 5.26 Å². The minimum Gasteiger partial charge on any atom is -0.360 e. The number of benzene rings is 1. The van der Waals surface area contributed by atoms with Crippen LogP contribution in [0.3, 0.4) is 0 Å². The molecule has 104 valence electrons. The Labute approximate surface area is 122 Å². The van der Waals surface area contributed by atoms with Crippen molar-refractivity contribution in [2.75, 3.05) is 5.32 Å². The molecule has 21 heavy (non-hydrogen) atoms. The van der Waals surface area contributed by atoms with E-state index in [-0.39, 0.29) is 5.69 Å². The fraction of sp³-hybridized carbons (Fsp3) is 0.200. The van der Waals surface area contributed by atoms with Gasteiger partial charge in [-0.2, -0.15) is 5.26 Å². The van der Waals surface area contributed by atoms with Gasteiger partial charge in [-0.1, -0.05) is 6.07 Å². The van der Waals surface area contributed by atoms with Crippen molar-refractivity contribution >= 4 is 16.9 Å². The first kappa shape index (κ1) is 13.1. The zero-order valence-electron chi connectivity index (χ0n) is 11.8. The van der Waals surface area contributed by atoms with Crippen molar-refractivity contribution in [1.29, 1.82) is 5.26 Å². The van der Waals surface area contributed by atoms with E-state index in [1.165, 1.54) is 11.8 Å². The lowest BCUT2D eigenvalue weighted by Gasteiger charge is -2.06. The maximum Gasteiger partial charge on any atom is 0.182 e. The van der Waals surface area contributed by atoms with Gasteiger partial charge in [0.15, 0.2) is 11.5 Å². The predicted octanol–water partition coefficient (Wildman–Crippen LogP) is 2.16. The van der Waals surface area contributed by atoms with Crippen molar-refractivity contribution in [1.82, 2.24) is 19.5 Å². The van der Waals surface area contributed by atoms with Gasteiger partial charge in [-0.05, 0) is 24.6 Å². The van der Waals surface area contributed by atoms with Crippen LogP contribution < -0.4 is 5.32 Å². The molecule has 1 aromatic carbocycles. The normalized spacial score (nSPS) is 10.5. The molecule has 0 amide bonds. The molecule has 1 N–H and O–H groups in total. The first-order valence-corrected chi connectivity index (χ1v) is 6.56. The Hall–Kier alpha value is -2.94. The molecule has 3 aromatic rings. The van der Waals surface area contributed by atoms with Crippen molar-refractivity contribution in [3.05, 3.63) is 47.7 Å². The average Bonchev–Trinajstić information content (AvgIpc) is 2.81. The summed E-state index contributed by atoms with van der Waals surface area (Å²) >= 11 is 0. The van der Waals surface area contributed by atoms with E-state index in [1.807, 2.05) is 24.6 Å². The molecule has 0 saturated heterocycles. The second kappa shape index (κ2) is 5.21. The van der Waals surface area contributed by atoms with E-state index in [1.54, 1.807) is 6.20 Å². The molecule has 0 aliphatic carbocycles. The number of fused-ring (bicyclic) bond motifs is 1. The number of anilines is 1. The standard InChI is InChI=1S/C15H14N6/c1-10-3-4-13-11(7-10)20-14(21(13)2)9-19-15-12(8-16)17-5-6-18-15/h3-7H,9H2,1-2H3,(H,18,19). The Morgan fingerprint density at radius 1 is 1.29 bits per heavy atom. The average molecular weight is 278 g/mol. The zero-order valence-corrected chi connectivity index (χ0v) is 11.8. The van der Waals surface area contributed by atoms with Crippen LogP contribution in [0.4, 0.5) is 5.82 Å². The maximum absolute atomic E-state index is 9.00. The Bertz CT molecular complexity index is 843. The molecule has 0 atom stereocenters. The number of nitriles is 1. The lowest BCUT2D eigenvalue weighted by Crippen LogP contribution is -2.08. The molecule has 0 bridgehead atoms. The van der Waals surface area contributed by atoms with Crippen LogP contribution in [0.15, 0.2) is 30.6 Å². The van der Waals surface area contributed by atoms with Gasteiger partial charge in [-0.25, -0.2) is 15.0 Å². The molecule has 0 saturated carbocycles. The van der Waals surface area contributed by atoms with Gasteiger partial charge in [0, 0.05) is 19.4 Å². The second-order valence-corrected chi connectivity index (χ2v) is 4.80. The summed E-state index contributed by atoms with van der Waals surface area (Å²) in [5.74, 6) is 1.35. The SMILES string of the molecule is Cc1ccc2c(c1)nc(CNc1nccnc1C#N)n2C. The summed E-state index contributed by atoms with van der Waals surface area (Å²) in [5, 5.41) is 12.1. The van der Waals surface area contributed by atoms with Gasteiger partial charge < -0.3 is 9.88 Å². The van der Waals surface area contributed by atoms with Crippen molar-refractivity contribution in [2.45, 2.75) is 13.5 Å². The lowest BCUT2D eigenvalue weighted by molar-refractivity contribution is 0.831. The van der Waals surface area contributed by atoms with E-state index in [0.29, 0.717) is 12.4 Å². The smallest absolute Gasteiger partial charge is 0.182 e. The van der Waals surface area contributed by atoms with Gasteiger partial charge in [0.2, 0.25) is 0 Å². The summed E-state index contributed by atoms with van der Waals surface area (Å²) in [4.78, 5) is 12.7. The molecule has 2 aromatic heterocycles. The van der Waals surface area contributed by atoms with Crippen molar-refractivity contribution in [2.24, 2.45) is 7.05 Å². The topological polar surface area (TPSA) is 79.4 Å². The number of aromatic nitrogens is 4. The second-order valence-electron chi connectivity index (χ2n) is 4.80. The van der Waals surface area contributed by atoms with Crippen LogP contribution in [0.2, 0.25) is 0 Å². The molecular weight excluding hydrogens is 264 g/mol. The minimum absolute atomic E-state index is 0.284. The molecule has 2 heterocycles. The van der Waals surface area contributed by atoms with E-state index in [2.05, 4.69) is 38.5 Å². The highest BCUT2D eigenvalue weighted by molar-refractivity contribution is 5.76. The first-order valence-electron chi connectivity index (χ1n) is 6.56. The van der Waals surface area contributed by atoms with E-state index in [0.717, 1.165) is 16.9 Å². The molecule has 0 aliphatic rings. The highest BCUT2D eigenvalue weighted by atomic mass is 15.1. The third-order valence-electron chi connectivity index (χ3n) is 3.35. The molecule has 0 spiro atoms. The number of rotatable bonds is 3. The molecule has 6 heteroatoms. The van der Waals surface area contributed by atoms with Crippen LogP contribution in [0.5, 0.6) is 0 Å². The third-order valence-corrected chi connectivity index (χ3v) is 3.35. The number of aryl methyl sites for hydroxylation is 2. The van der Waals surface area contributed by atoms with Crippen molar-refractivity contribution in [3.63, 3.8) is 0 Å². The highest BCUT2D eigenvalue weighted by Gasteiger charge is 2.09. The van der Waals surface area contributed by atoms with Gasteiger partial charge in [-0.3, -0.25) is 0 Å². The van der Waals surface area contributed by atoms with Gasteiger partial charge in [0.05, 0.1) is 17.6 Å². The summed E-state index contributed by atoms with van der Waals surface area (Å²) < 4.78 is 2.03. The zero-order chi connectivity index (χ0) is 14.8. The predicted molar refractivity (Wildman–Crippen MR) is 79.5 cm³/mol. The van der Waals surface area contributed by atoms with Gasteiger partial charge in [0.25, 0.3) is 0 Å². The molecule has 0 fully saturated rings. The fourth-order valence-electron chi connectivity index (χ4n) is 2.23. The van der Waals surface area contributed by atoms with Crippen LogP contribution in [0.25, 0.3) is 11.0 Å². The Morgan fingerprint density at radius 3 is 2.90 bits per heavy atom. The van der Waals surface area contributed by atoms with E-state index in [9.17, 15) is 0 Å². The fourth-order valence-corrected chi connectivity index (χ4v) is 2.23. The number of nitrogens with zero attached hydrogens (tertiary/aromatic N) is 5. The lowest BCUT2D eigenvalue weighted by atomic mass is 10.2. The minimum atomic E-state index is 0.284. The summed E-state index contributed by atoms with van der Waals surface area (Å²) in [5.41, 5.74) is 3.51. The quantitative estimate of drug-likeness (QED) is 0.794. The number of nitrogens with one attached hydrogen (secondary N) is 1. The molecule has 0 unspecified atom stereocenters. The summed E-state index contributed by atoms with van der Waals surface area (Å²) in [7, 11) is 1.98. The van der Waals surface area contributed by atoms with Crippen LogP contribution in [0.1, 0.15) is 17.1 Å². The number of imidazole rings is 1. The molecule has 6 nitrogen and oxygen atoms in total. The summed E-state index contributed by atoms with van der Waals surface area (Å²) in [6.45, 7) is 2.53. The van der Waals surface area contributed by atoms with Gasteiger partial charge in [-0.15, -0.1) is 0 Å².